The summed E-state index contributed by atoms with van der Waals surface area (Å²) < 4.78 is 69.0. The van der Waals surface area contributed by atoms with Gasteiger partial charge in [-0.25, -0.2) is 13.1 Å². The van der Waals surface area contributed by atoms with E-state index in [1.165, 1.54) is 41.2 Å². The topological polar surface area (TPSA) is 78.9 Å². The van der Waals surface area contributed by atoms with Crippen molar-refractivity contribution in [2.24, 2.45) is 0 Å². The van der Waals surface area contributed by atoms with Crippen LogP contribution in [-0.2, 0) is 14.8 Å². The lowest BCUT2D eigenvalue weighted by molar-refractivity contribution is -0.145. The summed E-state index contributed by atoms with van der Waals surface area (Å²) in [5, 5.41) is 0. The second-order valence-electron chi connectivity index (χ2n) is 6.45. The molecule has 0 saturated carbocycles. The number of ether oxygens (including phenoxy) is 1. The fourth-order valence-electron chi connectivity index (χ4n) is 2.91. The molecule has 11 heteroatoms. The molecule has 7 nitrogen and oxygen atoms in total. The predicted octanol–water partition coefficient (Wildman–Crippen LogP) is 1.32. The number of methoxy groups -OCH3 is 1. The van der Waals surface area contributed by atoms with Gasteiger partial charge >= 0.3 is 6.18 Å². The maximum atomic E-state index is 12.6. The van der Waals surface area contributed by atoms with Gasteiger partial charge in [-0.05, 0) is 30.7 Å². The Balaban J connectivity index is 1.99. The van der Waals surface area contributed by atoms with E-state index in [1.807, 2.05) is 0 Å². The molecule has 1 heterocycles. The largest absolute Gasteiger partial charge is 0.401 e. The number of sulfonamides is 1. The number of benzene rings is 1. The summed E-state index contributed by atoms with van der Waals surface area (Å²) in [6, 6.07) is 5.48. The van der Waals surface area contributed by atoms with Crippen LogP contribution in [0.5, 0.6) is 0 Å². The summed E-state index contributed by atoms with van der Waals surface area (Å²) >= 11 is 0. The maximum absolute atomic E-state index is 12.6. The first-order valence-corrected chi connectivity index (χ1v) is 10.3. The summed E-state index contributed by atoms with van der Waals surface area (Å²) in [7, 11) is -2.24. The Morgan fingerprint density at radius 1 is 1.14 bits per heavy atom. The first-order valence-electron chi connectivity index (χ1n) is 8.79. The second kappa shape index (κ2) is 9.68. The van der Waals surface area contributed by atoms with Crippen molar-refractivity contribution in [3.05, 3.63) is 29.8 Å². The molecule has 0 spiro atoms. The Bertz CT molecular complexity index is 754. The molecule has 1 saturated heterocycles. The number of hydrogen-bond acceptors (Lipinski definition) is 5. The van der Waals surface area contributed by atoms with Crippen molar-refractivity contribution in [2.45, 2.75) is 17.5 Å². The average molecular weight is 423 g/mol. The Morgan fingerprint density at radius 3 is 2.43 bits per heavy atom. The van der Waals surface area contributed by atoms with Crippen LogP contribution < -0.4 is 4.72 Å². The van der Waals surface area contributed by atoms with E-state index in [2.05, 4.69) is 4.72 Å². The highest BCUT2D eigenvalue weighted by Crippen LogP contribution is 2.18. The van der Waals surface area contributed by atoms with Crippen LogP contribution >= 0.6 is 0 Å². The highest BCUT2D eigenvalue weighted by molar-refractivity contribution is 7.89. The van der Waals surface area contributed by atoms with Crippen molar-refractivity contribution in [3.63, 3.8) is 0 Å². The highest BCUT2D eigenvalue weighted by atomic mass is 32.2. The predicted molar refractivity (Wildman–Crippen MR) is 96.5 cm³/mol. The van der Waals surface area contributed by atoms with E-state index in [-0.39, 0.29) is 43.6 Å². The maximum Gasteiger partial charge on any atom is 0.401 e. The molecule has 1 fully saturated rings. The molecule has 1 N–H and O–H groups in total. The first-order chi connectivity index (χ1) is 13.1. The normalized spacial score (nSPS) is 16.8. The van der Waals surface area contributed by atoms with Crippen LogP contribution in [0.15, 0.2) is 29.2 Å². The van der Waals surface area contributed by atoms with E-state index in [4.69, 9.17) is 4.74 Å². The fourth-order valence-corrected chi connectivity index (χ4v) is 3.92. The molecule has 1 amide bonds. The third kappa shape index (κ3) is 6.73. The van der Waals surface area contributed by atoms with Gasteiger partial charge in [0.15, 0.2) is 0 Å². The molecule has 0 aromatic heterocycles. The van der Waals surface area contributed by atoms with Crippen LogP contribution in [0.25, 0.3) is 0 Å². The van der Waals surface area contributed by atoms with Gasteiger partial charge in [0, 0.05) is 45.4 Å². The Hall–Kier alpha value is -1.69. The Kier molecular flexibility index (Phi) is 7.81. The minimum atomic E-state index is -4.27. The van der Waals surface area contributed by atoms with E-state index in [9.17, 15) is 26.4 Å². The van der Waals surface area contributed by atoms with E-state index in [0.717, 1.165) is 0 Å². The standard InChI is InChI=1S/C17H24F3N3O4S/c1-27-12-7-21-28(25,26)15-5-3-14(4-6-15)16(24)23-9-2-8-22(10-11-23)13-17(18,19)20/h3-6,21H,2,7-13H2,1H3. The zero-order valence-electron chi connectivity index (χ0n) is 15.5. The highest BCUT2D eigenvalue weighted by Gasteiger charge is 2.32. The minimum absolute atomic E-state index is 0.0207. The van der Waals surface area contributed by atoms with Gasteiger partial charge in [-0.2, -0.15) is 13.2 Å². The molecule has 0 aliphatic carbocycles. The molecule has 1 aromatic rings. The summed E-state index contributed by atoms with van der Waals surface area (Å²) in [5.74, 6) is -0.329. The van der Waals surface area contributed by atoms with Gasteiger partial charge in [-0.15, -0.1) is 0 Å². The number of nitrogens with zero attached hydrogens (tertiary/aromatic N) is 2. The third-order valence-electron chi connectivity index (χ3n) is 4.29. The number of amides is 1. The van der Waals surface area contributed by atoms with Crippen LogP contribution in [0.3, 0.4) is 0 Å². The van der Waals surface area contributed by atoms with Crippen molar-refractivity contribution in [2.75, 3.05) is 53.0 Å². The van der Waals surface area contributed by atoms with Crippen LogP contribution in [-0.4, -0.2) is 83.3 Å². The zero-order valence-corrected chi connectivity index (χ0v) is 16.4. The van der Waals surface area contributed by atoms with E-state index >= 15 is 0 Å². The number of carbonyl (C=O) groups excluding carboxylic acids is 1. The SMILES string of the molecule is COCCNS(=O)(=O)c1ccc(C(=O)N2CCCN(CC(F)(F)F)CC2)cc1. The van der Waals surface area contributed by atoms with Gasteiger partial charge in [-0.3, -0.25) is 9.69 Å². The molecular weight excluding hydrogens is 399 g/mol. The summed E-state index contributed by atoms with van der Waals surface area (Å²) in [6.07, 6.45) is -3.82. The van der Waals surface area contributed by atoms with E-state index in [0.29, 0.717) is 18.5 Å². The molecule has 0 bridgehead atoms. The van der Waals surface area contributed by atoms with Gasteiger partial charge in [0.25, 0.3) is 5.91 Å². The Labute approximate surface area is 162 Å². The van der Waals surface area contributed by atoms with Crippen molar-refractivity contribution in [1.29, 1.82) is 0 Å². The number of carbonyl (C=O) groups is 1. The lowest BCUT2D eigenvalue weighted by Gasteiger charge is -2.23. The molecule has 2 rings (SSSR count). The summed E-state index contributed by atoms with van der Waals surface area (Å²) in [6.45, 7) is 0.323. The average Bonchev–Trinajstić information content (AvgIpc) is 2.85. The molecule has 0 radical (unpaired) electrons. The molecule has 1 aliphatic heterocycles. The zero-order chi connectivity index (χ0) is 20.8. The van der Waals surface area contributed by atoms with Gasteiger partial charge in [0.1, 0.15) is 0 Å². The molecule has 28 heavy (non-hydrogen) atoms. The molecule has 1 aromatic carbocycles. The number of alkyl halides is 3. The van der Waals surface area contributed by atoms with Gasteiger partial charge in [0.2, 0.25) is 10.0 Å². The summed E-state index contributed by atoms with van der Waals surface area (Å²) in [4.78, 5) is 15.4. The first kappa shape index (κ1) is 22.6. The lowest BCUT2D eigenvalue weighted by Crippen LogP contribution is -2.38. The smallest absolute Gasteiger partial charge is 0.383 e. The van der Waals surface area contributed by atoms with Crippen molar-refractivity contribution >= 4 is 15.9 Å². The van der Waals surface area contributed by atoms with Crippen molar-refractivity contribution in [1.82, 2.24) is 14.5 Å². The van der Waals surface area contributed by atoms with E-state index < -0.39 is 22.7 Å². The van der Waals surface area contributed by atoms with Gasteiger partial charge < -0.3 is 9.64 Å². The number of nitrogens with one attached hydrogen (secondary N) is 1. The Morgan fingerprint density at radius 2 is 1.82 bits per heavy atom. The molecule has 1 aliphatic rings. The number of hydrogen-bond donors (Lipinski definition) is 1. The van der Waals surface area contributed by atoms with Gasteiger partial charge in [0.05, 0.1) is 18.0 Å². The van der Waals surface area contributed by atoms with Gasteiger partial charge in [-0.1, -0.05) is 0 Å². The molecule has 0 unspecified atom stereocenters. The third-order valence-corrected chi connectivity index (χ3v) is 5.77. The monoisotopic (exact) mass is 423 g/mol. The molecule has 0 atom stereocenters. The fraction of sp³-hybridized carbons (Fsp3) is 0.588. The quantitative estimate of drug-likeness (QED) is 0.670. The van der Waals surface area contributed by atoms with Crippen molar-refractivity contribution < 1.29 is 31.1 Å². The van der Waals surface area contributed by atoms with Crippen LogP contribution in [0.2, 0.25) is 0 Å². The lowest BCUT2D eigenvalue weighted by atomic mass is 10.2. The van der Waals surface area contributed by atoms with Crippen LogP contribution in [0.1, 0.15) is 16.8 Å². The second-order valence-corrected chi connectivity index (χ2v) is 8.22. The van der Waals surface area contributed by atoms with Crippen LogP contribution in [0, 0.1) is 0 Å². The minimum Gasteiger partial charge on any atom is -0.383 e. The van der Waals surface area contributed by atoms with E-state index in [1.54, 1.807) is 0 Å². The number of rotatable bonds is 7. The molecular formula is C17H24F3N3O4S. The van der Waals surface area contributed by atoms with Crippen LogP contribution in [0.4, 0.5) is 13.2 Å². The number of halogens is 3. The summed E-state index contributed by atoms with van der Waals surface area (Å²) in [5.41, 5.74) is 0.292. The molecule has 158 valence electrons. The van der Waals surface area contributed by atoms with Crippen molar-refractivity contribution in [3.8, 4) is 0 Å².